The summed E-state index contributed by atoms with van der Waals surface area (Å²) in [5.41, 5.74) is 2.29. The van der Waals surface area contributed by atoms with Crippen molar-refractivity contribution in [1.82, 2.24) is 10.2 Å². The van der Waals surface area contributed by atoms with Crippen molar-refractivity contribution in [1.29, 1.82) is 0 Å². The largest absolute Gasteiger partial charge is 0.480 e. The van der Waals surface area contributed by atoms with E-state index < -0.39 is 11.9 Å². The van der Waals surface area contributed by atoms with Crippen LogP contribution in [0.1, 0.15) is 18.1 Å². The minimum atomic E-state index is -1.05. The molecule has 2 rings (SSSR count). The van der Waals surface area contributed by atoms with E-state index in [2.05, 4.69) is 5.32 Å². The van der Waals surface area contributed by atoms with E-state index in [0.29, 0.717) is 12.8 Å². The third-order valence-electron chi connectivity index (χ3n) is 3.95. The predicted molar refractivity (Wildman–Crippen MR) is 86.5 cm³/mol. The third-order valence-corrected chi connectivity index (χ3v) is 3.95. The second-order valence-corrected chi connectivity index (χ2v) is 5.65. The molecule has 7 nitrogen and oxygen atoms in total. The highest BCUT2D eigenvalue weighted by molar-refractivity contribution is 5.83. The predicted octanol–water partition coefficient (Wildman–Crippen LogP) is 0.220. The maximum atomic E-state index is 12.4. The molecule has 0 radical (unpaired) electrons. The molecule has 0 unspecified atom stereocenters. The number of hydrogen-bond acceptors (Lipinski definition) is 5. The Morgan fingerprint density at radius 3 is 2.38 bits per heavy atom. The lowest BCUT2D eigenvalue weighted by molar-refractivity contribution is -0.146. The van der Waals surface area contributed by atoms with Crippen LogP contribution in [0.25, 0.3) is 0 Å². The first-order chi connectivity index (χ1) is 11.5. The number of ether oxygens (including phenoxy) is 1. The van der Waals surface area contributed by atoms with Gasteiger partial charge in [0.15, 0.2) is 0 Å². The van der Waals surface area contributed by atoms with Crippen LogP contribution in [0.2, 0.25) is 0 Å². The lowest BCUT2D eigenvalue weighted by Gasteiger charge is -2.27. The van der Waals surface area contributed by atoms with E-state index in [4.69, 9.17) is 9.84 Å². The Morgan fingerprint density at radius 2 is 1.83 bits per heavy atom. The summed E-state index contributed by atoms with van der Waals surface area (Å²) in [6.45, 7) is 1.46. The average molecular weight is 334 g/mol. The summed E-state index contributed by atoms with van der Waals surface area (Å²) in [7, 11) is 0. The molecule has 24 heavy (non-hydrogen) atoms. The zero-order valence-corrected chi connectivity index (χ0v) is 13.7. The van der Waals surface area contributed by atoms with Crippen molar-refractivity contribution in [3.63, 3.8) is 0 Å². The minimum Gasteiger partial charge on any atom is -0.480 e. The van der Waals surface area contributed by atoms with E-state index in [9.17, 15) is 14.4 Å². The highest BCUT2D eigenvalue weighted by Crippen LogP contribution is 2.25. The average Bonchev–Trinajstić information content (AvgIpc) is 2.96. The van der Waals surface area contributed by atoms with Crippen LogP contribution in [-0.2, 0) is 32.0 Å². The smallest absolute Gasteiger partial charge is 0.323 e. The van der Waals surface area contributed by atoms with Gasteiger partial charge < -0.3 is 14.7 Å². The number of benzene rings is 1. The van der Waals surface area contributed by atoms with Crippen LogP contribution in [0.5, 0.6) is 0 Å². The summed E-state index contributed by atoms with van der Waals surface area (Å²) in [5, 5.41) is 11.8. The molecule has 1 amide bonds. The maximum absolute atomic E-state index is 12.4. The molecular formula is C17H22N2O5. The van der Waals surface area contributed by atoms with Gasteiger partial charge in [-0.3, -0.25) is 19.7 Å². The summed E-state index contributed by atoms with van der Waals surface area (Å²) in [6.07, 6.45) is 1.29. The quantitative estimate of drug-likeness (QED) is 0.660. The van der Waals surface area contributed by atoms with Crippen molar-refractivity contribution in [3.8, 4) is 0 Å². The zero-order chi connectivity index (χ0) is 17.5. The van der Waals surface area contributed by atoms with E-state index in [1.165, 1.54) is 4.90 Å². The fourth-order valence-corrected chi connectivity index (χ4v) is 2.91. The molecule has 0 saturated carbocycles. The number of hydrogen-bond donors (Lipinski definition) is 2. The standard InChI is InChI=1S/C17H22N2O5/c1-2-24-17(23)10-18-9-15(20)19(11-16(21)22)14-7-12-5-3-4-6-13(12)8-14/h3-6,14,18H,2,7-11H2,1H3,(H,21,22). The first-order valence-corrected chi connectivity index (χ1v) is 7.95. The van der Waals surface area contributed by atoms with Gasteiger partial charge in [0.2, 0.25) is 5.91 Å². The number of esters is 1. The molecular weight excluding hydrogens is 312 g/mol. The highest BCUT2D eigenvalue weighted by Gasteiger charge is 2.30. The molecule has 0 aliphatic heterocycles. The minimum absolute atomic E-state index is 0.0780. The number of fused-ring (bicyclic) bond motifs is 1. The number of aliphatic carboxylic acids is 1. The molecule has 2 N–H and O–H groups in total. The number of carbonyl (C=O) groups is 3. The van der Waals surface area contributed by atoms with Gasteiger partial charge in [0, 0.05) is 6.04 Å². The monoisotopic (exact) mass is 334 g/mol. The van der Waals surface area contributed by atoms with Crippen LogP contribution in [0, 0.1) is 0 Å². The van der Waals surface area contributed by atoms with Gasteiger partial charge in [-0.15, -0.1) is 0 Å². The zero-order valence-electron chi connectivity index (χ0n) is 13.7. The molecule has 130 valence electrons. The molecule has 1 aliphatic rings. The van der Waals surface area contributed by atoms with Crippen LogP contribution >= 0.6 is 0 Å². The van der Waals surface area contributed by atoms with E-state index in [1.807, 2.05) is 24.3 Å². The van der Waals surface area contributed by atoms with Crippen LogP contribution in [-0.4, -0.2) is 60.1 Å². The molecule has 0 aromatic heterocycles. The SMILES string of the molecule is CCOC(=O)CNCC(=O)N(CC(=O)O)C1Cc2ccccc2C1. The van der Waals surface area contributed by atoms with Crippen LogP contribution in [0.3, 0.4) is 0 Å². The lowest BCUT2D eigenvalue weighted by Crippen LogP contribution is -2.48. The number of carboxylic acids is 1. The fraction of sp³-hybridized carbons (Fsp3) is 0.471. The molecule has 0 heterocycles. The Hall–Kier alpha value is -2.41. The molecule has 1 aromatic rings. The number of rotatable bonds is 8. The van der Waals surface area contributed by atoms with E-state index in [1.54, 1.807) is 6.92 Å². The normalized spacial score (nSPS) is 13.4. The van der Waals surface area contributed by atoms with Crippen molar-refractivity contribution < 1.29 is 24.2 Å². The van der Waals surface area contributed by atoms with Crippen molar-refractivity contribution in [2.45, 2.75) is 25.8 Å². The van der Waals surface area contributed by atoms with Gasteiger partial charge in [-0.1, -0.05) is 24.3 Å². The van der Waals surface area contributed by atoms with Gasteiger partial charge in [0.05, 0.1) is 19.7 Å². The summed E-state index contributed by atoms with van der Waals surface area (Å²) in [4.78, 5) is 36.2. The van der Waals surface area contributed by atoms with Gasteiger partial charge in [-0.25, -0.2) is 0 Å². The summed E-state index contributed by atoms with van der Waals surface area (Å²) >= 11 is 0. The van der Waals surface area contributed by atoms with Crippen LogP contribution < -0.4 is 5.32 Å². The van der Waals surface area contributed by atoms with Crippen molar-refractivity contribution in [2.75, 3.05) is 26.2 Å². The Balaban J connectivity index is 1.95. The molecule has 0 bridgehead atoms. The third kappa shape index (κ3) is 4.79. The van der Waals surface area contributed by atoms with Crippen molar-refractivity contribution >= 4 is 17.8 Å². The Labute approximate surface area is 140 Å². The van der Waals surface area contributed by atoms with Gasteiger partial charge >= 0.3 is 11.9 Å². The van der Waals surface area contributed by atoms with Gasteiger partial charge in [-0.05, 0) is 30.9 Å². The number of carbonyl (C=O) groups excluding carboxylic acids is 2. The van der Waals surface area contributed by atoms with Crippen LogP contribution in [0.4, 0.5) is 0 Å². The maximum Gasteiger partial charge on any atom is 0.323 e. The Morgan fingerprint density at radius 1 is 1.21 bits per heavy atom. The van der Waals surface area contributed by atoms with E-state index in [-0.39, 0.29) is 38.2 Å². The number of nitrogens with zero attached hydrogens (tertiary/aromatic N) is 1. The molecule has 0 fully saturated rings. The molecule has 0 atom stereocenters. The van der Waals surface area contributed by atoms with Gasteiger partial charge in [0.25, 0.3) is 0 Å². The first-order valence-electron chi connectivity index (χ1n) is 7.95. The van der Waals surface area contributed by atoms with Gasteiger partial charge in [-0.2, -0.15) is 0 Å². The molecule has 0 saturated heterocycles. The molecule has 1 aliphatic carbocycles. The second-order valence-electron chi connectivity index (χ2n) is 5.65. The topological polar surface area (TPSA) is 95.9 Å². The van der Waals surface area contributed by atoms with Crippen molar-refractivity contribution in [3.05, 3.63) is 35.4 Å². The second kappa shape index (κ2) is 8.44. The highest BCUT2D eigenvalue weighted by atomic mass is 16.5. The van der Waals surface area contributed by atoms with Gasteiger partial charge in [0.1, 0.15) is 6.54 Å². The van der Waals surface area contributed by atoms with E-state index in [0.717, 1.165) is 11.1 Å². The number of carboxylic acid groups (broad SMARTS) is 1. The Bertz CT molecular complexity index is 592. The summed E-state index contributed by atoms with van der Waals surface area (Å²) < 4.78 is 4.77. The Kier molecular flexibility index (Phi) is 6.31. The fourth-order valence-electron chi connectivity index (χ4n) is 2.91. The summed E-state index contributed by atoms with van der Waals surface area (Å²) in [6, 6.07) is 7.70. The van der Waals surface area contributed by atoms with Crippen LogP contribution in [0.15, 0.2) is 24.3 Å². The van der Waals surface area contributed by atoms with Crippen molar-refractivity contribution in [2.24, 2.45) is 0 Å². The van der Waals surface area contributed by atoms with E-state index >= 15 is 0 Å². The molecule has 0 spiro atoms. The number of amides is 1. The molecule has 1 aromatic carbocycles. The molecule has 7 heteroatoms. The first kappa shape index (κ1) is 17.9. The summed E-state index contributed by atoms with van der Waals surface area (Å²) in [5.74, 6) is -1.83. The number of nitrogens with one attached hydrogen (secondary N) is 1. The lowest BCUT2D eigenvalue weighted by atomic mass is 10.1.